The SMILES string of the molecule is CC(C)N(CCO)c1ccc(C#N)cc1Cl. The number of rotatable bonds is 4. The number of nitriles is 1. The van der Waals surface area contributed by atoms with Crippen LogP contribution in [0.4, 0.5) is 5.69 Å². The fourth-order valence-electron chi connectivity index (χ4n) is 1.57. The Morgan fingerprint density at radius 1 is 1.50 bits per heavy atom. The maximum Gasteiger partial charge on any atom is 0.0992 e. The number of aliphatic hydroxyl groups excluding tert-OH is 1. The highest BCUT2D eigenvalue weighted by Gasteiger charge is 2.13. The van der Waals surface area contributed by atoms with E-state index in [0.717, 1.165) is 5.69 Å². The van der Waals surface area contributed by atoms with Gasteiger partial charge in [-0.2, -0.15) is 5.26 Å². The van der Waals surface area contributed by atoms with Crippen LogP contribution in [0.2, 0.25) is 5.02 Å². The fraction of sp³-hybridized carbons (Fsp3) is 0.417. The molecule has 1 aromatic carbocycles. The molecule has 0 spiro atoms. The van der Waals surface area contributed by atoms with Gasteiger partial charge < -0.3 is 10.0 Å². The molecule has 0 aliphatic rings. The Morgan fingerprint density at radius 3 is 2.62 bits per heavy atom. The summed E-state index contributed by atoms with van der Waals surface area (Å²) in [6, 6.07) is 7.48. The van der Waals surface area contributed by atoms with Crippen LogP contribution in [0, 0.1) is 11.3 Å². The summed E-state index contributed by atoms with van der Waals surface area (Å²) in [7, 11) is 0. The minimum Gasteiger partial charge on any atom is -0.395 e. The van der Waals surface area contributed by atoms with Crippen LogP contribution in [-0.2, 0) is 0 Å². The molecule has 0 heterocycles. The van der Waals surface area contributed by atoms with Crippen LogP contribution in [0.3, 0.4) is 0 Å². The molecular formula is C12H15ClN2O. The second kappa shape index (κ2) is 5.74. The molecule has 1 rings (SSSR count). The summed E-state index contributed by atoms with van der Waals surface area (Å²) in [4.78, 5) is 2.00. The zero-order chi connectivity index (χ0) is 12.1. The van der Waals surface area contributed by atoms with Crippen molar-refractivity contribution in [3.05, 3.63) is 28.8 Å². The number of aliphatic hydroxyl groups is 1. The van der Waals surface area contributed by atoms with E-state index >= 15 is 0 Å². The number of anilines is 1. The number of hydrogen-bond acceptors (Lipinski definition) is 3. The average molecular weight is 239 g/mol. The van der Waals surface area contributed by atoms with E-state index in [9.17, 15) is 0 Å². The average Bonchev–Trinajstić information content (AvgIpc) is 2.26. The normalized spacial score (nSPS) is 10.2. The predicted molar refractivity (Wildman–Crippen MR) is 65.7 cm³/mol. The molecule has 86 valence electrons. The van der Waals surface area contributed by atoms with Crippen molar-refractivity contribution in [2.24, 2.45) is 0 Å². The highest BCUT2D eigenvalue weighted by Crippen LogP contribution is 2.27. The van der Waals surface area contributed by atoms with Gasteiger partial charge in [0, 0.05) is 12.6 Å². The number of benzene rings is 1. The third-order valence-corrected chi connectivity index (χ3v) is 2.65. The Bertz CT molecular complexity index is 398. The number of halogens is 1. The second-order valence-corrected chi connectivity index (χ2v) is 4.20. The Hall–Kier alpha value is -1.24. The maximum atomic E-state index is 9.00. The van der Waals surface area contributed by atoms with Crippen molar-refractivity contribution in [1.82, 2.24) is 0 Å². The fourth-order valence-corrected chi connectivity index (χ4v) is 1.86. The van der Waals surface area contributed by atoms with Gasteiger partial charge in [0.05, 0.1) is 28.9 Å². The summed E-state index contributed by atoms with van der Waals surface area (Å²) < 4.78 is 0. The van der Waals surface area contributed by atoms with E-state index < -0.39 is 0 Å². The topological polar surface area (TPSA) is 47.3 Å². The van der Waals surface area contributed by atoms with E-state index in [1.807, 2.05) is 30.9 Å². The van der Waals surface area contributed by atoms with E-state index in [2.05, 4.69) is 0 Å². The Morgan fingerprint density at radius 2 is 2.19 bits per heavy atom. The highest BCUT2D eigenvalue weighted by molar-refractivity contribution is 6.33. The third kappa shape index (κ3) is 2.88. The maximum absolute atomic E-state index is 9.00. The van der Waals surface area contributed by atoms with Crippen molar-refractivity contribution in [3.63, 3.8) is 0 Å². The van der Waals surface area contributed by atoms with Crippen molar-refractivity contribution in [2.45, 2.75) is 19.9 Å². The third-order valence-electron chi connectivity index (χ3n) is 2.35. The summed E-state index contributed by atoms with van der Waals surface area (Å²) >= 11 is 6.11. The van der Waals surface area contributed by atoms with Gasteiger partial charge in [-0.25, -0.2) is 0 Å². The molecule has 0 aliphatic heterocycles. The predicted octanol–water partition coefficient (Wildman–Crippen LogP) is 2.42. The molecule has 0 aliphatic carbocycles. The Kier molecular flexibility index (Phi) is 4.60. The van der Waals surface area contributed by atoms with Crippen LogP contribution in [0.5, 0.6) is 0 Å². The summed E-state index contributed by atoms with van der Waals surface area (Å²) in [5, 5.41) is 18.3. The highest BCUT2D eigenvalue weighted by atomic mass is 35.5. The van der Waals surface area contributed by atoms with Gasteiger partial charge in [0.1, 0.15) is 0 Å². The molecule has 1 N–H and O–H groups in total. The quantitative estimate of drug-likeness (QED) is 0.877. The van der Waals surface area contributed by atoms with E-state index in [1.165, 1.54) is 0 Å². The summed E-state index contributed by atoms with van der Waals surface area (Å²) in [5.41, 5.74) is 1.39. The van der Waals surface area contributed by atoms with Crippen LogP contribution >= 0.6 is 11.6 Å². The van der Waals surface area contributed by atoms with Crippen molar-refractivity contribution in [2.75, 3.05) is 18.1 Å². The van der Waals surface area contributed by atoms with Crippen molar-refractivity contribution < 1.29 is 5.11 Å². The molecule has 3 nitrogen and oxygen atoms in total. The first-order chi connectivity index (χ1) is 7.60. The van der Waals surface area contributed by atoms with Crippen molar-refractivity contribution in [3.8, 4) is 6.07 Å². The van der Waals surface area contributed by atoms with Gasteiger partial charge in [0.15, 0.2) is 0 Å². The van der Waals surface area contributed by atoms with E-state index in [0.29, 0.717) is 17.1 Å². The smallest absolute Gasteiger partial charge is 0.0992 e. The molecule has 0 saturated carbocycles. The molecule has 0 aromatic heterocycles. The Labute approximate surface area is 101 Å². The van der Waals surface area contributed by atoms with Gasteiger partial charge in [-0.15, -0.1) is 0 Å². The molecule has 0 atom stereocenters. The summed E-state index contributed by atoms with van der Waals surface area (Å²) in [6.45, 7) is 4.67. The van der Waals surface area contributed by atoms with E-state index in [-0.39, 0.29) is 12.6 Å². The van der Waals surface area contributed by atoms with Gasteiger partial charge in [0.25, 0.3) is 0 Å². The molecule has 1 aromatic rings. The van der Waals surface area contributed by atoms with Gasteiger partial charge in [0.2, 0.25) is 0 Å². The first-order valence-electron chi connectivity index (χ1n) is 5.17. The monoisotopic (exact) mass is 238 g/mol. The Balaban J connectivity index is 3.06. The van der Waals surface area contributed by atoms with Crippen LogP contribution in [0.1, 0.15) is 19.4 Å². The van der Waals surface area contributed by atoms with Crippen LogP contribution in [0.15, 0.2) is 18.2 Å². The van der Waals surface area contributed by atoms with Gasteiger partial charge >= 0.3 is 0 Å². The molecule has 0 fully saturated rings. The minimum absolute atomic E-state index is 0.0779. The molecule has 0 bridgehead atoms. The summed E-state index contributed by atoms with van der Waals surface area (Å²) in [6.07, 6.45) is 0. The molecule has 0 radical (unpaired) electrons. The van der Waals surface area contributed by atoms with E-state index in [1.54, 1.807) is 12.1 Å². The molecule has 4 heteroatoms. The lowest BCUT2D eigenvalue weighted by atomic mass is 10.2. The van der Waals surface area contributed by atoms with Crippen LogP contribution < -0.4 is 4.90 Å². The van der Waals surface area contributed by atoms with E-state index in [4.69, 9.17) is 22.0 Å². The lowest BCUT2D eigenvalue weighted by molar-refractivity contribution is 0.299. The minimum atomic E-state index is 0.0779. The number of hydrogen-bond donors (Lipinski definition) is 1. The summed E-state index contributed by atoms with van der Waals surface area (Å²) in [5.74, 6) is 0. The standard InChI is InChI=1S/C12H15ClN2O/c1-9(2)15(5-6-16)12-4-3-10(8-14)7-11(12)13/h3-4,7,9,16H,5-6H2,1-2H3. The molecule has 0 amide bonds. The first kappa shape index (κ1) is 12.8. The zero-order valence-electron chi connectivity index (χ0n) is 9.44. The van der Waals surface area contributed by atoms with Crippen molar-refractivity contribution in [1.29, 1.82) is 5.26 Å². The molecule has 16 heavy (non-hydrogen) atoms. The van der Waals surface area contributed by atoms with Crippen LogP contribution in [-0.4, -0.2) is 24.3 Å². The molecule has 0 saturated heterocycles. The van der Waals surface area contributed by atoms with Crippen LogP contribution in [0.25, 0.3) is 0 Å². The zero-order valence-corrected chi connectivity index (χ0v) is 10.2. The molecule has 0 unspecified atom stereocenters. The lowest BCUT2D eigenvalue weighted by Crippen LogP contribution is -2.33. The lowest BCUT2D eigenvalue weighted by Gasteiger charge is -2.29. The molecular weight excluding hydrogens is 224 g/mol. The van der Waals surface area contributed by atoms with Crippen molar-refractivity contribution >= 4 is 17.3 Å². The second-order valence-electron chi connectivity index (χ2n) is 3.79. The number of nitrogens with zero attached hydrogens (tertiary/aromatic N) is 2. The van der Waals surface area contributed by atoms with Gasteiger partial charge in [-0.05, 0) is 32.0 Å². The first-order valence-corrected chi connectivity index (χ1v) is 5.55. The largest absolute Gasteiger partial charge is 0.395 e. The van der Waals surface area contributed by atoms with Gasteiger partial charge in [-0.3, -0.25) is 0 Å². The van der Waals surface area contributed by atoms with Gasteiger partial charge in [-0.1, -0.05) is 11.6 Å².